The van der Waals surface area contributed by atoms with Crippen LogP contribution in [-0.2, 0) is 16.1 Å². The van der Waals surface area contributed by atoms with Crippen molar-refractivity contribution in [2.75, 3.05) is 19.7 Å². The van der Waals surface area contributed by atoms with Crippen molar-refractivity contribution >= 4 is 30.7 Å². The number of aromatic nitrogens is 2. The molecule has 1 unspecified atom stereocenters. The van der Waals surface area contributed by atoms with Gasteiger partial charge < -0.3 is 15.4 Å². The van der Waals surface area contributed by atoms with Gasteiger partial charge in [0.05, 0.1) is 31.0 Å². The lowest BCUT2D eigenvalue weighted by Gasteiger charge is -2.34. The number of nitrogens with two attached hydrogens (primary N) is 1. The average Bonchev–Trinajstić information content (AvgIpc) is 2.75. The molecule has 0 aliphatic carbocycles. The monoisotopic (exact) mass is 380 g/mol. The molecule has 24 heavy (non-hydrogen) atoms. The number of hydrogen-bond donors (Lipinski definition) is 1. The number of ether oxygens (including phenoxy) is 1. The first-order valence-electron chi connectivity index (χ1n) is 8.04. The van der Waals surface area contributed by atoms with Crippen LogP contribution in [0.15, 0.2) is 6.07 Å². The molecule has 2 N–H and O–H groups in total. The second-order valence-corrected chi connectivity index (χ2v) is 6.62. The predicted octanol–water partition coefficient (Wildman–Crippen LogP) is 1.94. The van der Waals surface area contributed by atoms with Crippen molar-refractivity contribution in [2.24, 2.45) is 11.7 Å². The van der Waals surface area contributed by atoms with E-state index in [0.29, 0.717) is 32.2 Å². The van der Waals surface area contributed by atoms with Crippen LogP contribution in [0.5, 0.6) is 0 Å². The highest BCUT2D eigenvalue weighted by Gasteiger charge is 2.28. The van der Waals surface area contributed by atoms with Crippen LogP contribution in [0.4, 0.5) is 0 Å². The Morgan fingerprint density at radius 3 is 2.62 bits per heavy atom. The molecular weight excluding hydrogens is 351 g/mol. The minimum absolute atomic E-state index is 0. The predicted molar refractivity (Wildman–Crippen MR) is 99.9 cm³/mol. The molecule has 1 amide bonds. The largest absolute Gasteiger partial charge is 0.373 e. The minimum Gasteiger partial charge on any atom is -0.373 e. The Morgan fingerprint density at radius 2 is 2.08 bits per heavy atom. The highest BCUT2D eigenvalue weighted by Crippen LogP contribution is 2.13. The summed E-state index contributed by atoms with van der Waals surface area (Å²) in [4.78, 5) is 14.3. The van der Waals surface area contributed by atoms with E-state index in [1.54, 1.807) is 0 Å². The molecule has 2 heterocycles. The summed E-state index contributed by atoms with van der Waals surface area (Å²) in [6, 6.07) is 1.64. The first-order valence-corrected chi connectivity index (χ1v) is 8.04. The van der Waals surface area contributed by atoms with E-state index in [1.807, 2.05) is 29.5 Å². The number of morpholine rings is 1. The Morgan fingerprint density at radius 1 is 1.42 bits per heavy atom. The molecule has 1 aliphatic rings. The van der Waals surface area contributed by atoms with Gasteiger partial charge in [0.25, 0.3) is 0 Å². The van der Waals surface area contributed by atoms with Gasteiger partial charge in [-0.15, -0.1) is 24.8 Å². The summed E-state index contributed by atoms with van der Waals surface area (Å²) in [5.74, 6) is 0.459. The fraction of sp³-hybridized carbons (Fsp3) is 0.750. The van der Waals surface area contributed by atoms with Crippen LogP contribution in [0, 0.1) is 19.8 Å². The molecule has 2 atom stereocenters. The number of rotatable bonds is 5. The first-order chi connectivity index (χ1) is 10.4. The van der Waals surface area contributed by atoms with Crippen molar-refractivity contribution < 1.29 is 9.53 Å². The number of nitrogens with zero attached hydrogens (tertiary/aromatic N) is 3. The Hall–Kier alpha value is -0.820. The van der Waals surface area contributed by atoms with Crippen molar-refractivity contribution in [3.63, 3.8) is 0 Å². The fourth-order valence-electron chi connectivity index (χ4n) is 2.93. The molecule has 0 radical (unpaired) electrons. The van der Waals surface area contributed by atoms with Crippen LogP contribution in [0.2, 0.25) is 0 Å². The maximum Gasteiger partial charge on any atom is 0.239 e. The van der Waals surface area contributed by atoms with Gasteiger partial charge in [-0.05, 0) is 32.3 Å². The third kappa shape index (κ3) is 6.24. The number of hydrogen-bond acceptors (Lipinski definition) is 4. The molecule has 0 saturated carbocycles. The highest BCUT2D eigenvalue weighted by atomic mass is 35.5. The van der Waals surface area contributed by atoms with Crippen LogP contribution < -0.4 is 5.73 Å². The van der Waals surface area contributed by atoms with E-state index in [-0.39, 0.29) is 36.8 Å². The summed E-state index contributed by atoms with van der Waals surface area (Å²) in [7, 11) is 0. The van der Waals surface area contributed by atoms with Crippen molar-refractivity contribution in [3.05, 3.63) is 17.5 Å². The summed E-state index contributed by atoms with van der Waals surface area (Å²) >= 11 is 0. The highest BCUT2D eigenvalue weighted by molar-refractivity contribution is 5.85. The molecule has 1 fully saturated rings. The van der Waals surface area contributed by atoms with Gasteiger partial charge in [0.1, 0.15) is 0 Å². The van der Waals surface area contributed by atoms with Gasteiger partial charge in [-0.25, -0.2) is 0 Å². The third-order valence-electron chi connectivity index (χ3n) is 3.97. The summed E-state index contributed by atoms with van der Waals surface area (Å²) in [5.41, 5.74) is 8.14. The second-order valence-electron chi connectivity index (χ2n) is 6.62. The number of amides is 1. The lowest BCUT2D eigenvalue weighted by atomic mass is 10.0. The van der Waals surface area contributed by atoms with Crippen LogP contribution in [-0.4, -0.2) is 52.4 Å². The first kappa shape index (κ1) is 23.2. The maximum atomic E-state index is 12.4. The Labute approximate surface area is 156 Å². The van der Waals surface area contributed by atoms with Crippen molar-refractivity contribution in [1.29, 1.82) is 0 Å². The van der Waals surface area contributed by atoms with E-state index in [2.05, 4.69) is 18.9 Å². The topological polar surface area (TPSA) is 73.4 Å². The van der Waals surface area contributed by atoms with Gasteiger partial charge in [0, 0.05) is 18.8 Å². The van der Waals surface area contributed by atoms with E-state index in [4.69, 9.17) is 10.5 Å². The number of carbonyl (C=O) groups is 1. The maximum absolute atomic E-state index is 12.4. The molecular formula is C16H30Cl2N4O2. The van der Waals surface area contributed by atoms with Crippen molar-refractivity contribution in [1.82, 2.24) is 14.7 Å². The normalized spacial score (nSPS) is 18.8. The van der Waals surface area contributed by atoms with Crippen LogP contribution >= 0.6 is 24.8 Å². The third-order valence-corrected chi connectivity index (χ3v) is 3.97. The molecule has 0 aromatic carbocycles. The Kier molecular flexibility index (Phi) is 9.88. The number of carbonyl (C=O) groups excluding carboxylic acids is 1. The quantitative estimate of drug-likeness (QED) is 0.846. The lowest BCUT2D eigenvalue weighted by molar-refractivity contribution is -0.141. The molecule has 8 heteroatoms. The summed E-state index contributed by atoms with van der Waals surface area (Å²) in [6.07, 6.45) is 0.695. The van der Waals surface area contributed by atoms with Gasteiger partial charge in [-0.2, -0.15) is 5.10 Å². The van der Waals surface area contributed by atoms with E-state index in [1.165, 1.54) is 0 Å². The average molecular weight is 381 g/mol. The van der Waals surface area contributed by atoms with Gasteiger partial charge >= 0.3 is 0 Å². The number of halogens is 2. The van der Waals surface area contributed by atoms with Crippen LogP contribution in [0.1, 0.15) is 31.7 Å². The zero-order valence-electron chi connectivity index (χ0n) is 14.9. The molecule has 6 nitrogen and oxygen atoms in total. The fourth-order valence-corrected chi connectivity index (χ4v) is 2.93. The molecule has 1 aliphatic heterocycles. The van der Waals surface area contributed by atoms with E-state index in [9.17, 15) is 4.79 Å². The molecule has 1 saturated heterocycles. The summed E-state index contributed by atoms with van der Waals surface area (Å²) < 4.78 is 7.74. The molecule has 1 aromatic heterocycles. The van der Waals surface area contributed by atoms with Crippen molar-refractivity contribution in [2.45, 2.75) is 52.8 Å². The van der Waals surface area contributed by atoms with E-state index >= 15 is 0 Å². The zero-order valence-corrected chi connectivity index (χ0v) is 16.5. The van der Waals surface area contributed by atoms with Gasteiger partial charge in [0.15, 0.2) is 0 Å². The summed E-state index contributed by atoms with van der Waals surface area (Å²) in [6.45, 7) is 10.6. The van der Waals surface area contributed by atoms with Gasteiger partial charge in [0.2, 0.25) is 5.91 Å². The Balaban J connectivity index is 0.00000264. The molecule has 1 aromatic rings. The van der Waals surface area contributed by atoms with Crippen LogP contribution in [0.25, 0.3) is 0 Å². The molecule has 140 valence electrons. The Bertz CT molecular complexity index is 522. The minimum atomic E-state index is -0.410. The smallest absolute Gasteiger partial charge is 0.239 e. The second kappa shape index (κ2) is 10.2. The summed E-state index contributed by atoms with van der Waals surface area (Å²) in [5, 5.41) is 4.46. The molecule has 0 bridgehead atoms. The standard InChI is InChI=1S/C16H28N4O2.2ClH/c1-11(2)7-15(17)16(21)19-5-6-22-14(9-19)10-20-13(4)8-12(3)18-20;;/h8,11,14-15H,5-7,9-10,17H2,1-4H3;2*1H/t14?,15-;;/m0../s1. The zero-order chi connectivity index (χ0) is 16.3. The van der Waals surface area contributed by atoms with E-state index in [0.717, 1.165) is 17.8 Å². The lowest BCUT2D eigenvalue weighted by Crippen LogP contribution is -2.52. The number of aryl methyl sites for hydroxylation is 2. The van der Waals surface area contributed by atoms with Crippen molar-refractivity contribution in [3.8, 4) is 0 Å². The molecule has 0 spiro atoms. The van der Waals surface area contributed by atoms with E-state index < -0.39 is 6.04 Å². The van der Waals surface area contributed by atoms with Gasteiger partial charge in [-0.3, -0.25) is 9.48 Å². The van der Waals surface area contributed by atoms with Gasteiger partial charge in [-0.1, -0.05) is 13.8 Å². The SMILES string of the molecule is Cc1cc(C)n(CC2CN(C(=O)[C@@H](N)CC(C)C)CCO2)n1.Cl.Cl. The van der Waals surface area contributed by atoms with Crippen LogP contribution in [0.3, 0.4) is 0 Å². The molecule has 2 rings (SSSR count).